The number of hydrogen-bond donors (Lipinski definition) is 3. The third kappa shape index (κ3) is 4.46. The van der Waals surface area contributed by atoms with Crippen molar-refractivity contribution >= 4 is 44.9 Å². The van der Waals surface area contributed by atoms with Crippen LogP contribution in [0.5, 0.6) is 0 Å². The van der Waals surface area contributed by atoms with Crippen molar-refractivity contribution in [3.05, 3.63) is 66.3 Å². The molecule has 1 amide bonds. The first kappa shape index (κ1) is 23.0. The molecule has 0 aliphatic rings. The van der Waals surface area contributed by atoms with Crippen LogP contribution in [0, 0.1) is 5.13 Å². The van der Waals surface area contributed by atoms with E-state index in [1.54, 1.807) is 35.8 Å². The maximum absolute atomic E-state index is 13.7. The Morgan fingerprint density at radius 2 is 1.89 bits per heavy atom. The zero-order chi connectivity index (χ0) is 25.5. The van der Waals surface area contributed by atoms with E-state index in [2.05, 4.69) is 35.5 Å². The van der Waals surface area contributed by atoms with E-state index >= 15 is 0 Å². The molecule has 3 N–H and O–H groups in total. The lowest BCUT2D eigenvalue weighted by Crippen LogP contribution is -2.27. The zero-order valence-corrected chi connectivity index (χ0v) is 20.7. The molecule has 0 atom stereocenters. The van der Waals surface area contributed by atoms with Gasteiger partial charge in [-0.2, -0.15) is 9.49 Å². The third-order valence-corrected chi connectivity index (χ3v) is 6.72. The van der Waals surface area contributed by atoms with Crippen LogP contribution in [0.2, 0.25) is 0 Å². The molecule has 11 heteroatoms. The van der Waals surface area contributed by atoms with Crippen molar-refractivity contribution in [2.24, 2.45) is 0 Å². The van der Waals surface area contributed by atoms with E-state index in [0.29, 0.717) is 22.7 Å². The molecule has 0 saturated carbocycles. The van der Waals surface area contributed by atoms with Gasteiger partial charge in [-0.1, -0.05) is 0 Å². The molecule has 0 aromatic carbocycles. The van der Waals surface area contributed by atoms with Crippen molar-refractivity contribution in [3.8, 4) is 33.1 Å². The van der Waals surface area contributed by atoms with E-state index in [1.807, 2.05) is 38.4 Å². The van der Waals surface area contributed by atoms with E-state index < -0.39 is 0 Å². The lowest BCUT2D eigenvalue weighted by molar-refractivity contribution is -0.116. The molecule has 6 aromatic rings. The average molecular weight is 513 g/mol. The second-order valence-electron chi connectivity index (χ2n) is 8.85. The van der Waals surface area contributed by atoms with Gasteiger partial charge in [0.25, 0.3) is 0 Å². The van der Waals surface area contributed by atoms with E-state index in [4.69, 9.17) is 0 Å². The smallest absolute Gasteiger partial charge is 0.238 e. The third-order valence-electron chi connectivity index (χ3n) is 5.84. The fraction of sp³-hybridized carbons (Fsp3) is 0.115. The molecule has 0 bridgehead atoms. The lowest BCUT2D eigenvalue weighted by atomic mass is 10.1. The molecule has 0 unspecified atom stereocenters. The van der Waals surface area contributed by atoms with Crippen LogP contribution in [0.25, 0.3) is 55.0 Å². The first-order valence-electron chi connectivity index (χ1n) is 11.4. The van der Waals surface area contributed by atoms with Crippen LogP contribution in [0.3, 0.4) is 0 Å². The summed E-state index contributed by atoms with van der Waals surface area (Å²) in [7, 11) is 3.67. The number of carbonyl (C=O) groups excluding carboxylic acids is 1. The van der Waals surface area contributed by atoms with Gasteiger partial charge in [-0.15, -0.1) is 11.3 Å². The monoisotopic (exact) mass is 512 g/mol. The Balaban J connectivity index is 1.38. The lowest BCUT2D eigenvalue weighted by Gasteiger charge is -2.10. The number of amides is 1. The summed E-state index contributed by atoms with van der Waals surface area (Å²) >= 11 is 1.06. The number of nitrogens with one attached hydrogen (secondary N) is 3. The maximum Gasteiger partial charge on any atom is 0.238 e. The van der Waals surface area contributed by atoms with Gasteiger partial charge < -0.3 is 15.2 Å². The van der Waals surface area contributed by atoms with Gasteiger partial charge in [0.2, 0.25) is 5.91 Å². The number of halogens is 1. The zero-order valence-electron chi connectivity index (χ0n) is 19.9. The van der Waals surface area contributed by atoms with E-state index in [9.17, 15) is 9.18 Å². The minimum atomic E-state index is -0.253. The summed E-state index contributed by atoms with van der Waals surface area (Å²) < 4.78 is 13.7. The number of likely N-dealkylation sites (N-methyl/N-ethyl adjacent to an activating group) is 1. The Bertz CT molecular complexity index is 1770. The average Bonchev–Trinajstić information content (AvgIpc) is 3.60. The molecule has 184 valence electrons. The standard InChI is InChI=1S/C26H21FN8OS/c1-35(2)13-23(36)31-16-7-14(10-28-12-16)15-8-18-24(33-34-26(18)30-11-15)20-9-17-19(32-20)5-6-29-25(17)21-3-4-22(27)37-21/h3-12,32H,13H2,1-2H3,(H,31,36)(H,30,33,34). The number of hydrogen-bond acceptors (Lipinski definition) is 7. The number of thiophene rings is 1. The van der Waals surface area contributed by atoms with Crippen LogP contribution in [0.15, 0.2) is 61.2 Å². The van der Waals surface area contributed by atoms with Crippen LogP contribution in [0.4, 0.5) is 10.1 Å². The van der Waals surface area contributed by atoms with Crippen molar-refractivity contribution < 1.29 is 9.18 Å². The molecular weight excluding hydrogens is 491 g/mol. The van der Waals surface area contributed by atoms with Crippen molar-refractivity contribution in [2.75, 3.05) is 26.0 Å². The Labute approximate surface area is 214 Å². The highest BCUT2D eigenvalue weighted by atomic mass is 32.1. The molecule has 0 aliphatic carbocycles. The molecule has 37 heavy (non-hydrogen) atoms. The number of nitrogens with zero attached hydrogens (tertiary/aromatic N) is 5. The molecule has 0 fully saturated rings. The minimum Gasteiger partial charge on any atom is -0.353 e. The summed E-state index contributed by atoms with van der Waals surface area (Å²) in [6, 6.07) is 10.9. The van der Waals surface area contributed by atoms with Crippen LogP contribution < -0.4 is 5.32 Å². The van der Waals surface area contributed by atoms with Gasteiger partial charge in [0.1, 0.15) is 5.69 Å². The number of pyridine rings is 3. The van der Waals surface area contributed by atoms with Crippen LogP contribution in [0.1, 0.15) is 0 Å². The molecule has 9 nitrogen and oxygen atoms in total. The number of rotatable bonds is 6. The summed E-state index contributed by atoms with van der Waals surface area (Å²) in [5, 5.41) is 11.8. The van der Waals surface area contributed by atoms with Crippen molar-refractivity contribution in [2.45, 2.75) is 0 Å². The van der Waals surface area contributed by atoms with Crippen LogP contribution >= 0.6 is 11.3 Å². The molecule has 0 spiro atoms. The number of fused-ring (bicyclic) bond motifs is 2. The number of aromatic nitrogens is 6. The van der Waals surface area contributed by atoms with Gasteiger partial charge in [0.05, 0.1) is 34.7 Å². The maximum atomic E-state index is 13.7. The second kappa shape index (κ2) is 9.19. The van der Waals surface area contributed by atoms with E-state index in [-0.39, 0.29) is 17.6 Å². The van der Waals surface area contributed by atoms with E-state index in [0.717, 1.165) is 49.3 Å². The van der Waals surface area contributed by atoms with Crippen molar-refractivity contribution in [1.29, 1.82) is 0 Å². The number of aromatic amines is 2. The fourth-order valence-electron chi connectivity index (χ4n) is 4.24. The molecule has 0 aliphatic heterocycles. The quantitative estimate of drug-likeness (QED) is 0.291. The summed E-state index contributed by atoms with van der Waals surface area (Å²) in [5.74, 6) is -0.118. The Morgan fingerprint density at radius 1 is 1.03 bits per heavy atom. The van der Waals surface area contributed by atoms with Gasteiger partial charge in [0, 0.05) is 46.0 Å². The molecule has 0 saturated heterocycles. The Hall–Kier alpha value is -4.48. The van der Waals surface area contributed by atoms with Gasteiger partial charge in [-0.05, 0) is 50.5 Å². The van der Waals surface area contributed by atoms with Crippen LogP contribution in [-0.4, -0.2) is 61.6 Å². The molecule has 0 radical (unpaired) electrons. The fourth-order valence-corrected chi connectivity index (χ4v) is 4.98. The first-order valence-corrected chi connectivity index (χ1v) is 12.2. The Kier molecular flexibility index (Phi) is 5.70. The second-order valence-corrected chi connectivity index (χ2v) is 9.88. The largest absolute Gasteiger partial charge is 0.353 e. The topological polar surface area (TPSA) is 115 Å². The summed E-state index contributed by atoms with van der Waals surface area (Å²) in [4.78, 5) is 31.5. The highest BCUT2D eigenvalue weighted by Crippen LogP contribution is 2.35. The van der Waals surface area contributed by atoms with Gasteiger partial charge >= 0.3 is 0 Å². The predicted octanol–water partition coefficient (Wildman–Crippen LogP) is 4.93. The highest BCUT2D eigenvalue weighted by molar-refractivity contribution is 7.13. The van der Waals surface area contributed by atoms with Gasteiger partial charge in [-0.25, -0.2) is 4.98 Å². The predicted molar refractivity (Wildman–Crippen MR) is 143 cm³/mol. The van der Waals surface area contributed by atoms with Gasteiger partial charge in [-0.3, -0.25) is 19.9 Å². The molecule has 6 aromatic heterocycles. The summed E-state index contributed by atoms with van der Waals surface area (Å²) in [6.07, 6.45) is 6.79. The van der Waals surface area contributed by atoms with Crippen molar-refractivity contribution in [3.63, 3.8) is 0 Å². The molecular formula is C26H21FN8OS. The number of carbonyl (C=O) groups is 1. The van der Waals surface area contributed by atoms with E-state index in [1.165, 1.54) is 6.07 Å². The first-order chi connectivity index (χ1) is 17.9. The Morgan fingerprint density at radius 3 is 2.70 bits per heavy atom. The summed E-state index contributed by atoms with van der Waals surface area (Å²) in [5.41, 5.74) is 5.97. The summed E-state index contributed by atoms with van der Waals surface area (Å²) in [6.45, 7) is 0.277. The normalized spacial score (nSPS) is 11.6. The number of anilines is 1. The molecule has 6 rings (SSSR count). The van der Waals surface area contributed by atoms with Gasteiger partial charge in [0.15, 0.2) is 10.8 Å². The van der Waals surface area contributed by atoms with Crippen molar-refractivity contribution in [1.82, 2.24) is 35.0 Å². The highest BCUT2D eigenvalue weighted by Gasteiger charge is 2.16. The minimum absolute atomic E-state index is 0.118. The van der Waals surface area contributed by atoms with Crippen LogP contribution in [-0.2, 0) is 4.79 Å². The number of H-pyrrole nitrogens is 2. The SMILES string of the molecule is CN(C)CC(=O)Nc1cncc(-c2cnc3[nH]nc(-c4cc5c(-c6ccc(F)s6)nccc5[nH]4)c3c2)c1. The molecule has 6 heterocycles.